The molecule has 0 bridgehead atoms. The van der Waals surface area contributed by atoms with E-state index in [9.17, 15) is 14.7 Å². The number of rotatable bonds is 8. The number of fused-ring (bicyclic) bond motifs is 1. The van der Waals surface area contributed by atoms with Gasteiger partial charge in [-0.2, -0.15) is 0 Å². The number of allylic oxidation sites excluding steroid dienone is 1. The van der Waals surface area contributed by atoms with E-state index in [2.05, 4.69) is 0 Å². The van der Waals surface area contributed by atoms with Crippen LogP contribution in [0.4, 0.5) is 5.13 Å². The van der Waals surface area contributed by atoms with Crippen molar-refractivity contribution < 1.29 is 19.4 Å². The van der Waals surface area contributed by atoms with Gasteiger partial charge in [0.15, 0.2) is 16.7 Å². The Morgan fingerprint density at radius 1 is 0.976 bits per heavy atom. The number of anilines is 1. The second kappa shape index (κ2) is 11.2. The van der Waals surface area contributed by atoms with Crippen LogP contribution in [0.5, 0.6) is 5.75 Å². The molecule has 1 aliphatic heterocycles. The second-order valence-corrected chi connectivity index (χ2v) is 10.8. The van der Waals surface area contributed by atoms with Crippen molar-refractivity contribution in [3.63, 3.8) is 0 Å². The first-order chi connectivity index (χ1) is 20.0. The molecule has 41 heavy (non-hydrogen) atoms. The highest BCUT2D eigenvalue weighted by Gasteiger charge is 2.45. The van der Waals surface area contributed by atoms with Crippen LogP contribution in [0.15, 0.2) is 121 Å². The molecule has 0 spiro atoms. The molecule has 6 rings (SSSR count). The smallest absolute Gasteiger partial charge is 0.296 e. The Hall–Kier alpha value is -5.01. The Labute approximate surface area is 241 Å². The summed E-state index contributed by atoms with van der Waals surface area (Å²) < 4.78 is 6.86. The first kappa shape index (κ1) is 26.2. The third-order valence-electron chi connectivity index (χ3n) is 6.88. The minimum Gasteiger partial charge on any atom is -0.503 e. The Kier molecular flexibility index (Phi) is 7.18. The van der Waals surface area contributed by atoms with E-state index in [0.29, 0.717) is 23.1 Å². The summed E-state index contributed by atoms with van der Waals surface area (Å²) in [5, 5.41) is 11.5. The van der Waals surface area contributed by atoms with Crippen molar-refractivity contribution in [2.24, 2.45) is 0 Å². The second-order valence-electron chi connectivity index (χ2n) is 9.76. The maximum Gasteiger partial charge on any atom is 0.296 e. The molecular formula is C34H26N2O4S. The van der Waals surface area contributed by atoms with Crippen LogP contribution in [0.25, 0.3) is 16.3 Å². The number of hydrogen-bond acceptors (Lipinski definition) is 6. The zero-order valence-electron chi connectivity index (χ0n) is 22.2. The Bertz CT molecular complexity index is 1790. The molecule has 1 aliphatic rings. The molecule has 0 saturated heterocycles. The van der Waals surface area contributed by atoms with Gasteiger partial charge in [0.05, 0.1) is 21.8 Å². The number of carbonyl (C=O) groups is 2. The summed E-state index contributed by atoms with van der Waals surface area (Å²) >= 11 is 1.35. The lowest BCUT2D eigenvalue weighted by Crippen LogP contribution is -2.30. The first-order valence-corrected chi connectivity index (χ1v) is 14.0. The van der Waals surface area contributed by atoms with Gasteiger partial charge in [0, 0.05) is 0 Å². The fraction of sp³-hybridized carbons (Fsp3) is 0.0882. The zero-order valence-corrected chi connectivity index (χ0v) is 23.0. The maximum atomic E-state index is 13.6. The van der Waals surface area contributed by atoms with Gasteiger partial charge in [-0.3, -0.25) is 14.5 Å². The fourth-order valence-electron chi connectivity index (χ4n) is 4.81. The van der Waals surface area contributed by atoms with Gasteiger partial charge >= 0.3 is 0 Å². The highest BCUT2D eigenvalue weighted by atomic mass is 32.1. The molecule has 6 nitrogen and oxygen atoms in total. The van der Waals surface area contributed by atoms with Crippen molar-refractivity contribution in [2.75, 3.05) is 4.90 Å². The lowest BCUT2D eigenvalue weighted by Gasteiger charge is -2.24. The highest BCUT2D eigenvalue weighted by Crippen LogP contribution is 2.44. The molecule has 202 valence electrons. The number of hydrogen-bond donors (Lipinski definition) is 1. The standard InChI is InChI=1S/C34H26N2O4S/c1-22-12-18-27-29(20-22)41-34(35-27)36-31(25-14-16-26(17-15-25)40-21-24-10-6-3-7-11-24)30(32(38)33(36)39)28(37)19-13-23-8-4-2-5-9-23/h2-20,31,38H,21H2,1H3. The zero-order chi connectivity index (χ0) is 28.3. The van der Waals surface area contributed by atoms with Gasteiger partial charge in [-0.25, -0.2) is 4.98 Å². The Morgan fingerprint density at radius 2 is 1.68 bits per heavy atom. The average molecular weight is 559 g/mol. The maximum absolute atomic E-state index is 13.6. The van der Waals surface area contributed by atoms with Crippen molar-refractivity contribution >= 4 is 44.5 Å². The number of aryl methyl sites for hydroxylation is 1. The summed E-state index contributed by atoms with van der Waals surface area (Å²) in [6.45, 7) is 2.40. The van der Waals surface area contributed by atoms with E-state index in [1.54, 1.807) is 18.2 Å². The SMILES string of the molecule is Cc1ccc2nc(N3C(=O)C(O)=C(C(=O)C=Cc4ccccc4)C3c3ccc(OCc4ccccc4)cc3)sc2c1. The average Bonchev–Trinajstić information content (AvgIpc) is 3.53. The lowest BCUT2D eigenvalue weighted by molar-refractivity contribution is -0.117. The minimum atomic E-state index is -0.861. The minimum absolute atomic E-state index is 0.00979. The van der Waals surface area contributed by atoms with Gasteiger partial charge in [0.1, 0.15) is 12.4 Å². The molecular weight excluding hydrogens is 532 g/mol. The van der Waals surface area contributed by atoms with Crippen LogP contribution < -0.4 is 9.64 Å². The quantitative estimate of drug-likeness (QED) is 0.201. The third kappa shape index (κ3) is 5.40. The van der Waals surface area contributed by atoms with Crippen LogP contribution in [-0.2, 0) is 16.2 Å². The molecule has 0 fully saturated rings. The summed E-state index contributed by atoms with van der Waals surface area (Å²) in [4.78, 5) is 33.2. The number of aliphatic hydroxyl groups excluding tert-OH is 1. The summed E-state index contributed by atoms with van der Waals surface area (Å²) in [5.41, 5.74) is 4.36. The molecule has 7 heteroatoms. The van der Waals surface area contributed by atoms with Crippen LogP contribution in [0.3, 0.4) is 0 Å². The summed E-state index contributed by atoms with van der Waals surface area (Å²) in [7, 11) is 0. The molecule has 2 heterocycles. The van der Waals surface area contributed by atoms with Crippen molar-refractivity contribution in [3.05, 3.63) is 143 Å². The number of amides is 1. The first-order valence-electron chi connectivity index (χ1n) is 13.2. The fourth-order valence-corrected chi connectivity index (χ4v) is 5.90. The van der Waals surface area contributed by atoms with Gasteiger partial charge < -0.3 is 9.84 Å². The molecule has 1 atom stereocenters. The number of benzene rings is 4. The number of nitrogens with zero attached hydrogens (tertiary/aromatic N) is 2. The van der Waals surface area contributed by atoms with Crippen LogP contribution in [0.2, 0.25) is 0 Å². The van der Waals surface area contributed by atoms with Gasteiger partial charge in [0.2, 0.25) is 0 Å². The summed E-state index contributed by atoms with van der Waals surface area (Å²) in [5.74, 6) is -1.04. The van der Waals surface area contributed by atoms with Crippen LogP contribution >= 0.6 is 11.3 Å². The number of carbonyl (C=O) groups excluding carboxylic acids is 2. The largest absolute Gasteiger partial charge is 0.503 e. The van der Waals surface area contributed by atoms with Crippen molar-refractivity contribution in [3.8, 4) is 5.75 Å². The topological polar surface area (TPSA) is 79.7 Å². The van der Waals surface area contributed by atoms with Gasteiger partial charge in [-0.15, -0.1) is 0 Å². The van der Waals surface area contributed by atoms with Crippen LogP contribution in [0, 0.1) is 6.92 Å². The van der Waals surface area contributed by atoms with E-state index in [4.69, 9.17) is 9.72 Å². The van der Waals surface area contributed by atoms with E-state index in [-0.39, 0.29) is 5.57 Å². The van der Waals surface area contributed by atoms with Crippen molar-refractivity contribution in [1.29, 1.82) is 0 Å². The molecule has 1 amide bonds. The molecule has 0 radical (unpaired) electrons. The molecule has 1 aromatic heterocycles. The van der Waals surface area contributed by atoms with Crippen LogP contribution in [-0.4, -0.2) is 21.8 Å². The predicted octanol–water partition coefficient (Wildman–Crippen LogP) is 7.37. The van der Waals surface area contributed by atoms with E-state index < -0.39 is 23.5 Å². The Morgan fingerprint density at radius 3 is 2.41 bits per heavy atom. The molecule has 5 aromatic rings. The van der Waals surface area contributed by atoms with Crippen molar-refractivity contribution in [2.45, 2.75) is 19.6 Å². The normalized spacial score (nSPS) is 15.3. The van der Waals surface area contributed by atoms with Gasteiger partial charge in [-0.1, -0.05) is 96.3 Å². The summed E-state index contributed by atoms with van der Waals surface area (Å²) in [6.07, 6.45) is 3.07. The van der Waals surface area contributed by atoms with Gasteiger partial charge in [-0.05, 0) is 59.5 Å². The number of aromatic nitrogens is 1. The molecule has 1 N–H and O–H groups in total. The molecule has 4 aromatic carbocycles. The number of ketones is 1. The van der Waals surface area contributed by atoms with E-state index >= 15 is 0 Å². The number of aliphatic hydroxyl groups is 1. The summed E-state index contributed by atoms with van der Waals surface area (Å²) in [6, 6.07) is 31.5. The van der Waals surface area contributed by atoms with E-state index in [0.717, 1.165) is 26.9 Å². The Balaban J connectivity index is 1.36. The number of ether oxygens (including phenoxy) is 1. The van der Waals surface area contributed by atoms with E-state index in [1.807, 2.05) is 97.9 Å². The lowest BCUT2D eigenvalue weighted by atomic mass is 9.95. The molecule has 0 saturated carbocycles. The van der Waals surface area contributed by atoms with Gasteiger partial charge in [0.25, 0.3) is 5.91 Å². The predicted molar refractivity (Wildman–Crippen MR) is 162 cm³/mol. The monoisotopic (exact) mass is 558 g/mol. The van der Waals surface area contributed by atoms with E-state index in [1.165, 1.54) is 22.3 Å². The molecule has 1 unspecified atom stereocenters. The highest BCUT2D eigenvalue weighted by molar-refractivity contribution is 7.22. The molecule has 0 aliphatic carbocycles. The van der Waals surface area contributed by atoms with Crippen LogP contribution in [0.1, 0.15) is 28.3 Å². The van der Waals surface area contributed by atoms with Crippen molar-refractivity contribution in [1.82, 2.24) is 4.98 Å². The number of thiazole rings is 1. The third-order valence-corrected chi connectivity index (χ3v) is 7.90.